The van der Waals surface area contributed by atoms with Crippen LogP contribution in [0.1, 0.15) is 22.3 Å². The Labute approximate surface area is 118 Å². The van der Waals surface area contributed by atoms with E-state index in [2.05, 4.69) is 16.2 Å². The summed E-state index contributed by atoms with van der Waals surface area (Å²) in [5, 5.41) is 2.46. The Balaban J connectivity index is 2.07. The van der Waals surface area contributed by atoms with Crippen LogP contribution in [0.5, 0.6) is 0 Å². The molecule has 1 aliphatic rings. The summed E-state index contributed by atoms with van der Waals surface area (Å²) in [5.41, 5.74) is 4.81. The lowest BCUT2D eigenvalue weighted by Crippen LogP contribution is -2.40. The molecule has 0 aromatic heterocycles. The second-order valence-electron chi connectivity index (χ2n) is 4.49. The van der Waals surface area contributed by atoms with Crippen molar-refractivity contribution in [1.29, 1.82) is 0 Å². The lowest BCUT2D eigenvalue weighted by molar-refractivity contribution is -0.137. The highest BCUT2D eigenvalue weighted by Crippen LogP contribution is 2.31. The second kappa shape index (κ2) is 5.99. The SMILES string of the molecule is O=C(NCC1CCNN1)c1cc(Cl)cc(C(F)(F)F)c1. The Morgan fingerprint density at radius 2 is 2.15 bits per heavy atom. The minimum atomic E-state index is -4.53. The van der Waals surface area contributed by atoms with Crippen molar-refractivity contribution < 1.29 is 18.0 Å². The van der Waals surface area contributed by atoms with Crippen molar-refractivity contribution >= 4 is 17.5 Å². The van der Waals surface area contributed by atoms with Gasteiger partial charge in [0.2, 0.25) is 0 Å². The molecule has 1 aromatic carbocycles. The van der Waals surface area contributed by atoms with E-state index >= 15 is 0 Å². The number of rotatable bonds is 3. The summed E-state index contributed by atoms with van der Waals surface area (Å²) >= 11 is 5.63. The highest BCUT2D eigenvalue weighted by molar-refractivity contribution is 6.31. The predicted molar refractivity (Wildman–Crippen MR) is 68.3 cm³/mol. The van der Waals surface area contributed by atoms with E-state index in [-0.39, 0.29) is 16.6 Å². The average molecular weight is 308 g/mol. The van der Waals surface area contributed by atoms with E-state index < -0.39 is 17.6 Å². The quantitative estimate of drug-likeness (QED) is 0.800. The highest BCUT2D eigenvalue weighted by atomic mass is 35.5. The standard InChI is InChI=1S/C12H13ClF3N3O/c13-9-4-7(3-8(5-9)12(14,15)16)11(20)17-6-10-1-2-18-19-10/h3-5,10,18-19H,1-2,6H2,(H,17,20). The molecule has 1 amide bonds. The van der Waals surface area contributed by atoms with Gasteiger partial charge in [-0.15, -0.1) is 0 Å². The fourth-order valence-corrected chi connectivity index (χ4v) is 2.13. The third-order valence-electron chi connectivity index (χ3n) is 2.92. The van der Waals surface area contributed by atoms with Gasteiger partial charge in [0.15, 0.2) is 0 Å². The van der Waals surface area contributed by atoms with Gasteiger partial charge in [-0.3, -0.25) is 15.6 Å². The number of carbonyl (C=O) groups is 1. The van der Waals surface area contributed by atoms with Crippen molar-refractivity contribution in [3.63, 3.8) is 0 Å². The van der Waals surface area contributed by atoms with Gasteiger partial charge in [-0.05, 0) is 24.6 Å². The first-order valence-corrected chi connectivity index (χ1v) is 6.38. The van der Waals surface area contributed by atoms with E-state index in [1.54, 1.807) is 0 Å². The molecule has 0 aliphatic carbocycles. The molecule has 20 heavy (non-hydrogen) atoms. The van der Waals surface area contributed by atoms with Gasteiger partial charge in [-0.25, -0.2) is 0 Å². The summed E-state index contributed by atoms with van der Waals surface area (Å²) in [6, 6.07) is 2.87. The first-order valence-electron chi connectivity index (χ1n) is 6.00. The maximum Gasteiger partial charge on any atom is 0.416 e. The van der Waals surface area contributed by atoms with Crippen LogP contribution < -0.4 is 16.2 Å². The molecule has 110 valence electrons. The van der Waals surface area contributed by atoms with Crippen LogP contribution in [-0.2, 0) is 6.18 Å². The Morgan fingerprint density at radius 3 is 2.75 bits per heavy atom. The van der Waals surface area contributed by atoms with E-state index in [0.29, 0.717) is 6.54 Å². The molecule has 1 saturated heterocycles. The Morgan fingerprint density at radius 1 is 1.40 bits per heavy atom. The minimum absolute atomic E-state index is 0.0696. The number of hydrazine groups is 1. The molecule has 1 heterocycles. The largest absolute Gasteiger partial charge is 0.416 e. The van der Waals surface area contributed by atoms with E-state index in [1.807, 2.05) is 0 Å². The van der Waals surface area contributed by atoms with E-state index in [0.717, 1.165) is 25.1 Å². The number of halogens is 4. The molecule has 1 atom stereocenters. The van der Waals surface area contributed by atoms with Gasteiger partial charge in [-0.1, -0.05) is 11.6 Å². The zero-order chi connectivity index (χ0) is 14.8. The number of alkyl halides is 3. The molecule has 4 nitrogen and oxygen atoms in total. The van der Waals surface area contributed by atoms with Crippen molar-refractivity contribution in [2.24, 2.45) is 0 Å². The monoisotopic (exact) mass is 307 g/mol. The van der Waals surface area contributed by atoms with Crippen LogP contribution in [0.2, 0.25) is 5.02 Å². The molecule has 1 aliphatic heterocycles. The third kappa shape index (κ3) is 3.84. The minimum Gasteiger partial charge on any atom is -0.350 e. The molecule has 0 spiro atoms. The van der Waals surface area contributed by atoms with Crippen molar-refractivity contribution in [3.05, 3.63) is 34.3 Å². The first-order chi connectivity index (χ1) is 9.36. The molecule has 3 N–H and O–H groups in total. The van der Waals surface area contributed by atoms with Gasteiger partial charge in [-0.2, -0.15) is 13.2 Å². The van der Waals surface area contributed by atoms with E-state index in [1.165, 1.54) is 6.07 Å². The lowest BCUT2D eigenvalue weighted by Gasteiger charge is -2.12. The van der Waals surface area contributed by atoms with Crippen LogP contribution in [-0.4, -0.2) is 25.0 Å². The molecule has 0 radical (unpaired) electrons. The molecular formula is C12H13ClF3N3O. The molecule has 2 rings (SSSR count). The van der Waals surface area contributed by atoms with Crippen LogP contribution in [0, 0.1) is 0 Å². The Kier molecular flexibility index (Phi) is 4.52. The van der Waals surface area contributed by atoms with Gasteiger partial charge in [0.05, 0.1) is 5.56 Å². The van der Waals surface area contributed by atoms with Gasteiger partial charge in [0, 0.05) is 29.7 Å². The van der Waals surface area contributed by atoms with Crippen molar-refractivity contribution in [1.82, 2.24) is 16.2 Å². The van der Waals surface area contributed by atoms with Gasteiger partial charge in [0.25, 0.3) is 5.91 Å². The van der Waals surface area contributed by atoms with Crippen molar-refractivity contribution in [3.8, 4) is 0 Å². The Bertz CT molecular complexity index is 501. The number of benzene rings is 1. The average Bonchev–Trinajstić information content (AvgIpc) is 2.87. The number of nitrogens with one attached hydrogen (secondary N) is 3. The molecular weight excluding hydrogens is 295 g/mol. The number of amides is 1. The summed E-state index contributed by atoms with van der Waals surface area (Å²) < 4.78 is 37.9. The molecule has 0 bridgehead atoms. The zero-order valence-corrected chi connectivity index (χ0v) is 11.1. The van der Waals surface area contributed by atoms with Crippen molar-refractivity contribution in [2.45, 2.75) is 18.6 Å². The van der Waals surface area contributed by atoms with Gasteiger partial charge in [0.1, 0.15) is 0 Å². The van der Waals surface area contributed by atoms with E-state index in [4.69, 9.17) is 11.6 Å². The number of carbonyl (C=O) groups excluding carboxylic acids is 1. The van der Waals surface area contributed by atoms with Crippen molar-refractivity contribution in [2.75, 3.05) is 13.1 Å². The molecule has 0 saturated carbocycles. The van der Waals surface area contributed by atoms with Gasteiger partial charge < -0.3 is 5.32 Å². The topological polar surface area (TPSA) is 53.2 Å². The molecule has 8 heteroatoms. The number of hydrogen-bond acceptors (Lipinski definition) is 3. The molecule has 1 fully saturated rings. The fraction of sp³-hybridized carbons (Fsp3) is 0.417. The summed E-state index contributed by atoms with van der Waals surface area (Å²) in [6.07, 6.45) is -3.69. The molecule has 1 unspecified atom stereocenters. The normalized spacial score (nSPS) is 19.1. The number of hydrogen-bond donors (Lipinski definition) is 3. The fourth-order valence-electron chi connectivity index (χ4n) is 1.89. The maximum atomic E-state index is 12.6. The third-order valence-corrected chi connectivity index (χ3v) is 3.14. The van der Waals surface area contributed by atoms with Gasteiger partial charge >= 0.3 is 6.18 Å². The smallest absolute Gasteiger partial charge is 0.350 e. The van der Waals surface area contributed by atoms with Crippen LogP contribution in [0.15, 0.2) is 18.2 Å². The van der Waals surface area contributed by atoms with E-state index in [9.17, 15) is 18.0 Å². The Hall–Kier alpha value is -1.31. The van der Waals surface area contributed by atoms with Crippen LogP contribution in [0.4, 0.5) is 13.2 Å². The summed E-state index contributed by atoms with van der Waals surface area (Å²) in [4.78, 5) is 11.8. The highest BCUT2D eigenvalue weighted by Gasteiger charge is 2.31. The van der Waals surface area contributed by atoms with Crippen LogP contribution in [0.25, 0.3) is 0 Å². The molecule has 1 aromatic rings. The lowest BCUT2D eigenvalue weighted by atomic mass is 10.1. The second-order valence-corrected chi connectivity index (χ2v) is 4.93. The summed E-state index contributed by atoms with van der Waals surface area (Å²) in [6.45, 7) is 1.12. The summed E-state index contributed by atoms with van der Waals surface area (Å²) in [7, 11) is 0. The predicted octanol–water partition coefficient (Wildman–Crippen LogP) is 1.96. The first kappa shape index (κ1) is 15.1. The van der Waals surface area contributed by atoms with Crippen LogP contribution >= 0.6 is 11.6 Å². The summed E-state index contributed by atoms with van der Waals surface area (Å²) in [5.74, 6) is -0.577. The maximum absolute atomic E-state index is 12.6. The zero-order valence-electron chi connectivity index (χ0n) is 10.4. The van der Waals surface area contributed by atoms with Crippen LogP contribution in [0.3, 0.4) is 0 Å².